The summed E-state index contributed by atoms with van der Waals surface area (Å²) in [5.74, 6) is 2.55. The molecule has 0 spiro atoms. The molecule has 0 unspecified atom stereocenters. The first-order valence-corrected chi connectivity index (χ1v) is 7.88. The molecule has 1 fully saturated rings. The van der Waals surface area contributed by atoms with Crippen LogP contribution in [0.2, 0.25) is 0 Å². The molecular formula is C15H26N4O. The highest BCUT2D eigenvalue weighted by Crippen LogP contribution is 2.29. The summed E-state index contributed by atoms with van der Waals surface area (Å²) < 4.78 is 0. The highest BCUT2D eigenvalue weighted by molar-refractivity contribution is 5.90. The lowest BCUT2D eigenvalue weighted by Crippen LogP contribution is -2.27. The van der Waals surface area contributed by atoms with Crippen LogP contribution in [0, 0.1) is 11.8 Å². The third-order valence-electron chi connectivity index (χ3n) is 4.20. The van der Waals surface area contributed by atoms with Crippen LogP contribution in [0.15, 0.2) is 0 Å². The van der Waals surface area contributed by atoms with Crippen LogP contribution in [0.25, 0.3) is 0 Å². The number of amides is 1. The molecule has 1 amide bonds. The number of aromatic amines is 1. The van der Waals surface area contributed by atoms with Gasteiger partial charge in [0.25, 0.3) is 5.91 Å². The van der Waals surface area contributed by atoms with Gasteiger partial charge >= 0.3 is 0 Å². The Morgan fingerprint density at radius 2 is 2.10 bits per heavy atom. The lowest BCUT2D eigenvalue weighted by atomic mass is 9.81. The predicted octanol–water partition coefficient (Wildman–Crippen LogP) is 2.70. The van der Waals surface area contributed by atoms with E-state index in [4.69, 9.17) is 0 Å². The SMILES string of the molecule is CCCc1nc(C(=O)NCCC2CCC(C)CC2)n[nH]1. The Morgan fingerprint density at radius 3 is 2.80 bits per heavy atom. The number of carbonyl (C=O) groups is 1. The van der Waals surface area contributed by atoms with Gasteiger partial charge in [-0.25, -0.2) is 4.98 Å². The lowest BCUT2D eigenvalue weighted by molar-refractivity contribution is 0.0939. The van der Waals surface area contributed by atoms with Gasteiger partial charge in [-0.2, -0.15) is 0 Å². The van der Waals surface area contributed by atoms with Gasteiger partial charge in [0.15, 0.2) is 0 Å². The molecule has 1 aliphatic rings. The van der Waals surface area contributed by atoms with Crippen molar-refractivity contribution < 1.29 is 4.79 Å². The molecule has 0 bridgehead atoms. The molecule has 20 heavy (non-hydrogen) atoms. The van der Waals surface area contributed by atoms with Crippen LogP contribution in [0.5, 0.6) is 0 Å². The molecule has 0 atom stereocenters. The molecule has 112 valence electrons. The van der Waals surface area contributed by atoms with Crippen molar-refractivity contribution in [2.45, 2.75) is 58.8 Å². The van der Waals surface area contributed by atoms with Crippen LogP contribution in [0.1, 0.15) is 68.8 Å². The Labute approximate surface area is 120 Å². The van der Waals surface area contributed by atoms with Gasteiger partial charge in [0.1, 0.15) is 5.82 Å². The van der Waals surface area contributed by atoms with Gasteiger partial charge in [0, 0.05) is 13.0 Å². The van der Waals surface area contributed by atoms with E-state index in [1.54, 1.807) is 0 Å². The molecule has 5 heteroatoms. The van der Waals surface area contributed by atoms with Gasteiger partial charge < -0.3 is 5.32 Å². The van der Waals surface area contributed by atoms with Crippen LogP contribution in [-0.4, -0.2) is 27.6 Å². The summed E-state index contributed by atoms with van der Waals surface area (Å²) in [5, 5.41) is 9.70. The van der Waals surface area contributed by atoms with Crippen LogP contribution in [-0.2, 0) is 6.42 Å². The third-order valence-corrected chi connectivity index (χ3v) is 4.20. The van der Waals surface area contributed by atoms with Gasteiger partial charge in [-0.15, -0.1) is 5.10 Å². The third kappa shape index (κ3) is 4.32. The van der Waals surface area contributed by atoms with E-state index in [0.29, 0.717) is 0 Å². The average Bonchev–Trinajstić information content (AvgIpc) is 2.90. The maximum Gasteiger partial charge on any atom is 0.290 e. The van der Waals surface area contributed by atoms with Crippen molar-refractivity contribution in [3.05, 3.63) is 11.6 Å². The fraction of sp³-hybridized carbons (Fsp3) is 0.800. The predicted molar refractivity (Wildman–Crippen MR) is 78.4 cm³/mol. The van der Waals surface area contributed by atoms with E-state index in [1.807, 2.05) is 0 Å². The standard InChI is InChI=1S/C15H26N4O/c1-3-4-13-17-14(19-18-13)15(20)16-10-9-12-7-5-11(2)6-8-12/h11-12H,3-10H2,1-2H3,(H,16,20)(H,17,18,19). The minimum Gasteiger partial charge on any atom is -0.349 e. The largest absolute Gasteiger partial charge is 0.349 e. The Hall–Kier alpha value is -1.39. The molecule has 1 aromatic rings. The van der Waals surface area contributed by atoms with Crippen LogP contribution in [0.3, 0.4) is 0 Å². The van der Waals surface area contributed by atoms with E-state index in [2.05, 4.69) is 34.3 Å². The molecule has 5 nitrogen and oxygen atoms in total. The minimum atomic E-state index is -0.159. The number of nitrogens with one attached hydrogen (secondary N) is 2. The number of hydrogen-bond acceptors (Lipinski definition) is 3. The molecule has 1 heterocycles. The number of rotatable bonds is 6. The normalized spacial score (nSPS) is 22.7. The number of nitrogens with zero attached hydrogens (tertiary/aromatic N) is 2. The molecule has 1 aliphatic carbocycles. The summed E-state index contributed by atoms with van der Waals surface area (Å²) in [5.41, 5.74) is 0. The molecule has 0 saturated heterocycles. The first-order chi connectivity index (χ1) is 9.69. The molecule has 1 aromatic heterocycles. The molecular weight excluding hydrogens is 252 g/mol. The fourth-order valence-corrected chi connectivity index (χ4v) is 2.83. The van der Waals surface area contributed by atoms with E-state index in [9.17, 15) is 4.79 Å². The smallest absolute Gasteiger partial charge is 0.290 e. The van der Waals surface area contributed by atoms with E-state index >= 15 is 0 Å². The summed E-state index contributed by atoms with van der Waals surface area (Å²) in [7, 11) is 0. The summed E-state index contributed by atoms with van der Waals surface area (Å²) in [6, 6.07) is 0. The summed E-state index contributed by atoms with van der Waals surface area (Å²) >= 11 is 0. The Bertz CT molecular complexity index is 421. The average molecular weight is 278 g/mol. The van der Waals surface area contributed by atoms with Crippen molar-refractivity contribution in [3.63, 3.8) is 0 Å². The Morgan fingerprint density at radius 1 is 1.35 bits per heavy atom. The number of carbonyl (C=O) groups excluding carboxylic acids is 1. The molecule has 0 aromatic carbocycles. The monoisotopic (exact) mass is 278 g/mol. The van der Waals surface area contributed by atoms with Gasteiger partial charge in [-0.05, 0) is 24.7 Å². The summed E-state index contributed by atoms with van der Waals surface area (Å²) in [6.45, 7) is 5.14. The van der Waals surface area contributed by atoms with Gasteiger partial charge in [0.05, 0.1) is 0 Å². The van der Waals surface area contributed by atoms with Crippen LogP contribution < -0.4 is 5.32 Å². The quantitative estimate of drug-likeness (QED) is 0.840. The zero-order valence-corrected chi connectivity index (χ0v) is 12.6. The topological polar surface area (TPSA) is 70.7 Å². The Balaban J connectivity index is 1.69. The molecule has 2 rings (SSSR count). The number of H-pyrrole nitrogens is 1. The minimum absolute atomic E-state index is 0.159. The number of aryl methyl sites for hydroxylation is 1. The van der Waals surface area contributed by atoms with Crippen LogP contribution >= 0.6 is 0 Å². The van der Waals surface area contributed by atoms with Crippen LogP contribution in [0.4, 0.5) is 0 Å². The van der Waals surface area contributed by atoms with Crippen molar-refractivity contribution in [1.29, 1.82) is 0 Å². The van der Waals surface area contributed by atoms with Gasteiger partial charge in [-0.1, -0.05) is 39.5 Å². The fourth-order valence-electron chi connectivity index (χ4n) is 2.83. The van der Waals surface area contributed by atoms with Crippen molar-refractivity contribution in [2.24, 2.45) is 11.8 Å². The summed E-state index contributed by atoms with van der Waals surface area (Å²) in [4.78, 5) is 16.1. The maximum absolute atomic E-state index is 11.9. The second-order valence-electron chi connectivity index (χ2n) is 6.03. The van der Waals surface area contributed by atoms with E-state index < -0.39 is 0 Å². The number of hydrogen-bond donors (Lipinski definition) is 2. The highest BCUT2D eigenvalue weighted by atomic mass is 16.2. The lowest BCUT2D eigenvalue weighted by Gasteiger charge is -2.25. The molecule has 0 radical (unpaired) electrons. The second kappa shape index (κ2) is 7.41. The summed E-state index contributed by atoms with van der Waals surface area (Å²) in [6.07, 6.45) is 8.18. The maximum atomic E-state index is 11.9. The van der Waals surface area contributed by atoms with E-state index in [-0.39, 0.29) is 11.7 Å². The molecule has 2 N–H and O–H groups in total. The zero-order valence-electron chi connectivity index (χ0n) is 12.6. The number of aromatic nitrogens is 3. The van der Waals surface area contributed by atoms with Gasteiger partial charge in [-0.3, -0.25) is 9.89 Å². The highest BCUT2D eigenvalue weighted by Gasteiger charge is 2.18. The molecule has 1 saturated carbocycles. The second-order valence-corrected chi connectivity index (χ2v) is 6.03. The van der Waals surface area contributed by atoms with Crippen molar-refractivity contribution >= 4 is 5.91 Å². The first-order valence-electron chi connectivity index (χ1n) is 7.88. The van der Waals surface area contributed by atoms with E-state index in [1.165, 1.54) is 25.7 Å². The van der Waals surface area contributed by atoms with Gasteiger partial charge in [0.2, 0.25) is 5.82 Å². The van der Waals surface area contributed by atoms with Crippen molar-refractivity contribution in [3.8, 4) is 0 Å². The first kappa shape index (κ1) is 15.0. The van der Waals surface area contributed by atoms with E-state index in [0.717, 1.165) is 43.5 Å². The van der Waals surface area contributed by atoms with Crippen molar-refractivity contribution in [2.75, 3.05) is 6.54 Å². The Kier molecular flexibility index (Phi) is 5.56. The zero-order chi connectivity index (χ0) is 14.4. The molecule has 0 aliphatic heterocycles. The van der Waals surface area contributed by atoms with Crippen molar-refractivity contribution in [1.82, 2.24) is 20.5 Å².